The lowest BCUT2D eigenvalue weighted by molar-refractivity contribution is -0.123. The zero-order valence-electron chi connectivity index (χ0n) is 16.8. The molecule has 31 heavy (non-hydrogen) atoms. The summed E-state index contributed by atoms with van der Waals surface area (Å²) in [6, 6.07) is 11.0. The van der Waals surface area contributed by atoms with Crippen molar-refractivity contribution in [3.8, 4) is 12.1 Å². The highest BCUT2D eigenvalue weighted by Gasteiger charge is 2.56. The number of carbonyl (C=O) groups excluding carboxylic acids is 2. The van der Waals surface area contributed by atoms with Crippen molar-refractivity contribution in [2.45, 2.75) is 25.7 Å². The number of hydrogen-bond donors (Lipinski definition) is 2. The van der Waals surface area contributed by atoms with Gasteiger partial charge in [-0.3, -0.25) is 9.59 Å². The quantitative estimate of drug-likeness (QED) is 0.663. The van der Waals surface area contributed by atoms with Crippen LogP contribution in [0.5, 0.6) is 0 Å². The number of rotatable bonds is 7. The lowest BCUT2D eigenvalue weighted by Crippen LogP contribution is -2.35. The molecular formula is C22H21N7O2. The van der Waals surface area contributed by atoms with Crippen LogP contribution in [0, 0.1) is 34.0 Å². The summed E-state index contributed by atoms with van der Waals surface area (Å²) in [7, 11) is 0. The Kier molecular flexibility index (Phi) is 5.50. The zero-order valence-corrected chi connectivity index (χ0v) is 16.8. The zero-order chi connectivity index (χ0) is 21.8. The van der Waals surface area contributed by atoms with Crippen LogP contribution >= 0.6 is 0 Å². The molecule has 2 aliphatic rings. The molecule has 0 spiro atoms. The highest BCUT2D eigenvalue weighted by Crippen LogP contribution is 2.51. The second-order valence-corrected chi connectivity index (χ2v) is 7.68. The van der Waals surface area contributed by atoms with E-state index in [2.05, 4.69) is 26.7 Å². The van der Waals surface area contributed by atoms with Gasteiger partial charge in [-0.25, -0.2) is 9.97 Å². The molecule has 0 radical (unpaired) electrons. The summed E-state index contributed by atoms with van der Waals surface area (Å²) in [6.07, 6.45) is 5.72. The Bertz CT molecular complexity index is 1080. The van der Waals surface area contributed by atoms with Gasteiger partial charge in [-0.2, -0.15) is 10.5 Å². The molecule has 2 amide bonds. The summed E-state index contributed by atoms with van der Waals surface area (Å²) in [4.78, 5) is 35.2. The summed E-state index contributed by atoms with van der Waals surface area (Å²) in [5, 5.41) is 23.9. The average molecular weight is 415 g/mol. The van der Waals surface area contributed by atoms with Crippen LogP contribution in [-0.4, -0.2) is 34.9 Å². The van der Waals surface area contributed by atoms with Crippen molar-refractivity contribution >= 4 is 29.1 Å². The van der Waals surface area contributed by atoms with Crippen molar-refractivity contribution < 1.29 is 9.59 Å². The van der Waals surface area contributed by atoms with Crippen LogP contribution in [-0.2, 0) is 4.79 Å². The van der Waals surface area contributed by atoms with E-state index < -0.39 is 5.41 Å². The van der Waals surface area contributed by atoms with Gasteiger partial charge in [0.05, 0.1) is 24.1 Å². The summed E-state index contributed by atoms with van der Waals surface area (Å²) in [5.74, 6) is 0.757. The fourth-order valence-electron chi connectivity index (χ4n) is 3.86. The molecule has 0 bridgehead atoms. The van der Waals surface area contributed by atoms with Crippen LogP contribution in [0.1, 0.15) is 36.0 Å². The van der Waals surface area contributed by atoms with Crippen molar-refractivity contribution in [3.63, 3.8) is 0 Å². The van der Waals surface area contributed by atoms with Gasteiger partial charge in [0.2, 0.25) is 5.91 Å². The van der Waals surface area contributed by atoms with Crippen molar-refractivity contribution in [1.29, 1.82) is 10.5 Å². The third kappa shape index (κ3) is 4.03. The van der Waals surface area contributed by atoms with Crippen molar-refractivity contribution in [2.24, 2.45) is 11.3 Å². The van der Waals surface area contributed by atoms with E-state index in [9.17, 15) is 14.9 Å². The van der Waals surface area contributed by atoms with E-state index in [0.717, 1.165) is 12.8 Å². The summed E-state index contributed by atoms with van der Waals surface area (Å²) in [5.41, 5.74) is 0.191. The molecule has 3 heterocycles. The summed E-state index contributed by atoms with van der Waals surface area (Å²) in [6.45, 7) is 0.801. The third-order valence-electron chi connectivity index (χ3n) is 5.69. The average Bonchev–Trinajstić information content (AvgIpc) is 3.58. The van der Waals surface area contributed by atoms with Gasteiger partial charge in [-0.1, -0.05) is 0 Å². The minimum atomic E-state index is -0.887. The van der Waals surface area contributed by atoms with E-state index in [-0.39, 0.29) is 30.7 Å². The van der Waals surface area contributed by atoms with Crippen molar-refractivity contribution in [1.82, 2.24) is 15.3 Å². The minimum Gasteiger partial charge on any atom is -0.351 e. The number of pyridine rings is 2. The first-order valence-corrected chi connectivity index (χ1v) is 10.1. The fraction of sp³-hybridized carbons (Fsp3) is 0.364. The maximum atomic E-state index is 13.0. The van der Waals surface area contributed by atoms with Gasteiger partial charge in [-0.15, -0.1) is 0 Å². The Labute approximate surface area is 179 Å². The van der Waals surface area contributed by atoms with Gasteiger partial charge in [0.25, 0.3) is 5.91 Å². The molecule has 2 aromatic rings. The minimum absolute atomic E-state index is 0.125. The molecule has 0 unspecified atom stereocenters. The molecule has 1 saturated carbocycles. The van der Waals surface area contributed by atoms with E-state index >= 15 is 0 Å². The van der Waals surface area contributed by atoms with Crippen LogP contribution in [0.25, 0.3) is 0 Å². The number of anilines is 3. The molecule has 1 atom stereocenters. The third-order valence-corrected chi connectivity index (χ3v) is 5.69. The first-order chi connectivity index (χ1) is 15.1. The Morgan fingerprint density at radius 3 is 2.74 bits per heavy atom. The lowest BCUT2D eigenvalue weighted by Gasteiger charge is -2.21. The summed E-state index contributed by atoms with van der Waals surface area (Å²) >= 11 is 0. The molecule has 9 heteroatoms. The second kappa shape index (κ2) is 8.41. The molecule has 156 valence electrons. The van der Waals surface area contributed by atoms with E-state index in [1.807, 2.05) is 6.07 Å². The molecule has 4 rings (SSSR count). The van der Waals surface area contributed by atoms with Crippen LogP contribution in [0.2, 0.25) is 0 Å². The predicted octanol–water partition coefficient (Wildman–Crippen LogP) is 2.52. The fourth-order valence-corrected chi connectivity index (χ4v) is 3.86. The van der Waals surface area contributed by atoms with Gasteiger partial charge in [0.15, 0.2) is 0 Å². The van der Waals surface area contributed by atoms with Gasteiger partial charge < -0.3 is 15.5 Å². The molecule has 0 aromatic carbocycles. The number of nitriles is 2. The molecule has 1 aliphatic carbocycles. The number of aromatic nitrogens is 2. The maximum absolute atomic E-state index is 13.0. The number of nitrogens with zero attached hydrogens (tertiary/aromatic N) is 5. The first-order valence-electron chi connectivity index (χ1n) is 10.1. The smallest absolute Gasteiger partial charge is 0.252 e. The number of hydrogen-bond acceptors (Lipinski definition) is 7. The van der Waals surface area contributed by atoms with Gasteiger partial charge in [0.1, 0.15) is 17.1 Å². The highest BCUT2D eigenvalue weighted by molar-refractivity contribution is 6.02. The normalized spacial score (nSPS) is 20.1. The molecule has 9 nitrogen and oxygen atoms in total. The molecule has 1 saturated heterocycles. The SMILES string of the molecule is N#CCCNC(=O)c1ccc(Nc2cc(N3CC[C@@](C#N)(C4CC4)C3=O)ccn2)nc1. The Morgan fingerprint density at radius 2 is 2.06 bits per heavy atom. The van der Waals surface area contributed by atoms with Crippen LogP contribution in [0.4, 0.5) is 17.3 Å². The molecule has 2 N–H and O–H groups in total. The monoisotopic (exact) mass is 415 g/mol. The maximum Gasteiger partial charge on any atom is 0.252 e. The number of carbonyl (C=O) groups is 2. The van der Waals surface area contributed by atoms with Crippen LogP contribution in [0.15, 0.2) is 36.7 Å². The number of nitrogens with one attached hydrogen (secondary N) is 2. The van der Waals surface area contributed by atoms with Gasteiger partial charge >= 0.3 is 0 Å². The molecule has 2 fully saturated rings. The molecule has 2 aromatic heterocycles. The predicted molar refractivity (Wildman–Crippen MR) is 112 cm³/mol. The topological polar surface area (TPSA) is 135 Å². The van der Waals surface area contributed by atoms with Gasteiger partial charge in [-0.05, 0) is 43.4 Å². The summed E-state index contributed by atoms with van der Waals surface area (Å²) < 4.78 is 0. The lowest BCUT2D eigenvalue weighted by atomic mass is 9.83. The van der Waals surface area contributed by atoms with E-state index in [0.29, 0.717) is 35.9 Å². The second-order valence-electron chi connectivity index (χ2n) is 7.68. The van der Waals surface area contributed by atoms with E-state index in [1.165, 1.54) is 6.20 Å². The largest absolute Gasteiger partial charge is 0.351 e. The van der Waals surface area contributed by atoms with Crippen LogP contribution in [0.3, 0.4) is 0 Å². The Morgan fingerprint density at radius 1 is 1.23 bits per heavy atom. The van der Waals surface area contributed by atoms with E-state index in [1.54, 1.807) is 35.4 Å². The van der Waals surface area contributed by atoms with Crippen molar-refractivity contribution in [2.75, 3.05) is 23.3 Å². The highest BCUT2D eigenvalue weighted by atomic mass is 16.2. The van der Waals surface area contributed by atoms with Gasteiger partial charge in [0, 0.05) is 37.2 Å². The Balaban J connectivity index is 1.44. The van der Waals surface area contributed by atoms with Crippen molar-refractivity contribution in [3.05, 3.63) is 42.2 Å². The van der Waals surface area contributed by atoms with Crippen LogP contribution < -0.4 is 15.5 Å². The Hall–Kier alpha value is -3.98. The molecular weight excluding hydrogens is 394 g/mol. The first kappa shape index (κ1) is 20.3. The standard InChI is InChI=1S/C22H21N7O2/c23-8-1-9-26-20(30)15-2-5-18(27-13-15)28-19-12-17(6-10-25-19)29-11-7-22(14-24,21(29)31)16-3-4-16/h2,5-6,10,12-13,16H,1,3-4,7,9,11H2,(H,26,30)(H,25,27,28)/t22-/m1/s1. The van der Waals surface area contributed by atoms with E-state index in [4.69, 9.17) is 5.26 Å². The number of amides is 2. The molecule has 1 aliphatic heterocycles.